The molecule has 0 spiro atoms. The molecular weight excluding hydrogens is 328 g/mol. The Morgan fingerprint density at radius 1 is 1.35 bits per heavy atom. The fourth-order valence-electron chi connectivity index (χ4n) is 3.82. The summed E-state index contributed by atoms with van der Waals surface area (Å²) in [6, 6.07) is 8.00. The van der Waals surface area contributed by atoms with E-state index in [0.29, 0.717) is 13.0 Å². The number of aromatic nitrogens is 2. The summed E-state index contributed by atoms with van der Waals surface area (Å²) in [4.78, 5) is 17.3. The van der Waals surface area contributed by atoms with Crippen LogP contribution in [0.25, 0.3) is 11.0 Å². The summed E-state index contributed by atoms with van der Waals surface area (Å²) in [5, 5.41) is 3.06. The molecule has 3 atom stereocenters. The quantitative estimate of drug-likeness (QED) is 0.797. The van der Waals surface area contributed by atoms with Gasteiger partial charge in [-0.3, -0.25) is 4.79 Å². The molecule has 6 heteroatoms. The van der Waals surface area contributed by atoms with Gasteiger partial charge in [-0.2, -0.15) is 0 Å². The molecule has 26 heavy (non-hydrogen) atoms. The van der Waals surface area contributed by atoms with Gasteiger partial charge in [0.1, 0.15) is 5.82 Å². The Bertz CT molecular complexity index is 742. The van der Waals surface area contributed by atoms with E-state index in [1.165, 1.54) is 0 Å². The zero-order valence-electron chi connectivity index (χ0n) is 15.8. The smallest absolute Gasteiger partial charge is 0.223 e. The number of aryl methyl sites for hydroxylation is 1. The molecule has 0 radical (unpaired) electrons. The van der Waals surface area contributed by atoms with Gasteiger partial charge < -0.3 is 20.4 Å². The lowest BCUT2D eigenvalue weighted by atomic mass is 9.83. The summed E-state index contributed by atoms with van der Waals surface area (Å²) < 4.78 is 7.95. The molecule has 1 aromatic carbocycles. The van der Waals surface area contributed by atoms with E-state index in [1.54, 1.807) is 0 Å². The van der Waals surface area contributed by atoms with Crippen molar-refractivity contribution >= 4 is 16.9 Å². The topological polar surface area (TPSA) is 82.2 Å². The van der Waals surface area contributed by atoms with E-state index in [1.807, 2.05) is 18.2 Å². The molecule has 1 saturated carbocycles. The lowest BCUT2D eigenvalue weighted by Gasteiger charge is -2.33. The highest BCUT2D eigenvalue weighted by Crippen LogP contribution is 2.26. The summed E-state index contributed by atoms with van der Waals surface area (Å²) in [6.45, 7) is 6.20. The maximum Gasteiger partial charge on any atom is 0.223 e. The van der Waals surface area contributed by atoms with Crippen molar-refractivity contribution in [3.05, 3.63) is 30.1 Å². The summed E-state index contributed by atoms with van der Waals surface area (Å²) in [5.41, 5.74) is 8.30. The van der Waals surface area contributed by atoms with Gasteiger partial charge in [0.15, 0.2) is 0 Å². The van der Waals surface area contributed by atoms with Gasteiger partial charge in [-0.25, -0.2) is 4.98 Å². The number of carbonyl (C=O) groups is 1. The summed E-state index contributed by atoms with van der Waals surface area (Å²) in [5.74, 6) is 0.932. The van der Waals surface area contributed by atoms with Crippen LogP contribution < -0.4 is 11.1 Å². The van der Waals surface area contributed by atoms with Crippen molar-refractivity contribution in [1.29, 1.82) is 0 Å². The minimum atomic E-state index is -0.0636. The average Bonchev–Trinajstić information content (AvgIpc) is 3.02. The predicted octanol–water partition coefficient (Wildman–Crippen LogP) is 2.59. The van der Waals surface area contributed by atoms with Crippen molar-refractivity contribution in [3.8, 4) is 0 Å². The third kappa shape index (κ3) is 4.07. The third-order valence-electron chi connectivity index (χ3n) is 5.21. The molecule has 142 valence electrons. The van der Waals surface area contributed by atoms with Crippen molar-refractivity contribution < 1.29 is 9.53 Å². The van der Waals surface area contributed by atoms with Gasteiger partial charge in [-0.15, -0.1) is 0 Å². The van der Waals surface area contributed by atoms with E-state index < -0.39 is 0 Å². The van der Waals surface area contributed by atoms with Crippen molar-refractivity contribution in [2.75, 3.05) is 6.61 Å². The maximum absolute atomic E-state index is 12.6. The monoisotopic (exact) mass is 358 g/mol. The predicted molar refractivity (Wildman–Crippen MR) is 103 cm³/mol. The standard InChI is InChI=1S/C20H30N4O2/c1-3-11-26-18-10-9-14(12-15(18)21)20(25)22-13-19-23-16-7-5-6-8-17(16)24(19)4-2/h5-8,14-15,18H,3-4,9-13,21H2,1-2H3,(H,22,25)/t14-,15+,18+/m0/s1. The summed E-state index contributed by atoms with van der Waals surface area (Å²) in [6.07, 6.45) is 3.45. The lowest BCUT2D eigenvalue weighted by molar-refractivity contribution is -0.127. The first-order valence-electron chi connectivity index (χ1n) is 9.73. The van der Waals surface area contributed by atoms with Crippen LogP contribution in [0, 0.1) is 5.92 Å². The van der Waals surface area contributed by atoms with Crippen molar-refractivity contribution in [1.82, 2.24) is 14.9 Å². The molecule has 0 aliphatic heterocycles. The van der Waals surface area contributed by atoms with Crippen molar-refractivity contribution in [3.63, 3.8) is 0 Å². The molecule has 0 saturated heterocycles. The average molecular weight is 358 g/mol. The molecule has 0 bridgehead atoms. The Kier molecular flexibility index (Phi) is 6.27. The van der Waals surface area contributed by atoms with Crippen LogP contribution in [-0.4, -0.2) is 34.2 Å². The van der Waals surface area contributed by atoms with E-state index in [-0.39, 0.29) is 24.0 Å². The fourth-order valence-corrected chi connectivity index (χ4v) is 3.82. The first kappa shape index (κ1) is 18.9. The Hall–Kier alpha value is -1.92. The minimum Gasteiger partial charge on any atom is -0.377 e. The van der Waals surface area contributed by atoms with Crippen molar-refractivity contribution in [2.45, 2.75) is 64.8 Å². The molecule has 1 aliphatic rings. The van der Waals surface area contributed by atoms with Gasteiger partial charge in [-0.05, 0) is 44.7 Å². The van der Waals surface area contributed by atoms with Crippen LogP contribution in [0.2, 0.25) is 0 Å². The van der Waals surface area contributed by atoms with Crippen molar-refractivity contribution in [2.24, 2.45) is 11.7 Å². The Balaban J connectivity index is 1.58. The number of benzene rings is 1. The Morgan fingerprint density at radius 3 is 2.88 bits per heavy atom. The van der Waals surface area contributed by atoms with E-state index in [0.717, 1.165) is 49.3 Å². The number of imidazole rings is 1. The Morgan fingerprint density at radius 2 is 2.15 bits per heavy atom. The molecule has 6 nitrogen and oxygen atoms in total. The molecule has 2 aromatic rings. The molecule has 3 N–H and O–H groups in total. The number of ether oxygens (including phenoxy) is 1. The number of rotatable bonds is 7. The molecular formula is C20H30N4O2. The number of hydrogen-bond acceptors (Lipinski definition) is 4. The largest absolute Gasteiger partial charge is 0.377 e. The lowest BCUT2D eigenvalue weighted by Crippen LogP contribution is -2.46. The highest BCUT2D eigenvalue weighted by Gasteiger charge is 2.32. The summed E-state index contributed by atoms with van der Waals surface area (Å²) in [7, 11) is 0. The molecule has 1 amide bonds. The van der Waals surface area contributed by atoms with Crippen LogP contribution >= 0.6 is 0 Å². The second-order valence-electron chi connectivity index (χ2n) is 7.06. The zero-order chi connectivity index (χ0) is 18.5. The van der Waals surface area contributed by atoms with Crippen LogP contribution in [0.15, 0.2) is 24.3 Å². The van der Waals surface area contributed by atoms with Gasteiger partial charge in [0.2, 0.25) is 5.91 Å². The number of carbonyl (C=O) groups excluding carboxylic acids is 1. The molecule has 1 aromatic heterocycles. The third-order valence-corrected chi connectivity index (χ3v) is 5.21. The minimum absolute atomic E-state index is 0.0362. The number of amides is 1. The molecule has 1 aliphatic carbocycles. The number of fused-ring (bicyclic) bond motifs is 1. The van der Waals surface area contributed by atoms with Gasteiger partial charge in [0.25, 0.3) is 0 Å². The molecule has 0 unspecified atom stereocenters. The highest BCUT2D eigenvalue weighted by molar-refractivity contribution is 5.79. The van der Waals surface area contributed by atoms with E-state index >= 15 is 0 Å². The van der Waals surface area contributed by atoms with Gasteiger partial charge >= 0.3 is 0 Å². The molecule has 3 rings (SSSR count). The number of nitrogens with one attached hydrogen (secondary N) is 1. The van der Waals surface area contributed by atoms with E-state index in [9.17, 15) is 4.79 Å². The van der Waals surface area contributed by atoms with Crippen LogP contribution in [0.5, 0.6) is 0 Å². The number of para-hydroxylation sites is 2. The molecule has 1 fully saturated rings. The SMILES string of the molecule is CCCO[C@@H]1CC[C@H](C(=O)NCc2nc3ccccc3n2CC)C[C@H]1N. The molecule has 1 heterocycles. The second kappa shape index (κ2) is 8.64. The Labute approximate surface area is 155 Å². The van der Waals surface area contributed by atoms with E-state index in [4.69, 9.17) is 10.5 Å². The number of nitrogens with two attached hydrogens (primary N) is 1. The fraction of sp³-hybridized carbons (Fsp3) is 0.600. The van der Waals surface area contributed by atoms with E-state index in [2.05, 4.69) is 34.8 Å². The van der Waals surface area contributed by atoms with Gasteiger partial charge in [0.05, 0.1) is 23.7 Å². The van der Waals surface area contributed by atoms with Crippen LogP contribution in [0.1, 0.15) is 45.4 Å². The first-order valence-corrected chi connectivity index (χ1v) is 9.73. The highest BCUT2D eigenvalue weighted by atomic mass is 16.5. The first-order chi connectivity index (χ1) is 12.6. The maximum atomic E-state index is 12.6. The van der Waals surface area contributed by atoms with Crippen LogP contribution in [-0.2, 0) is 22.6 Å². The summed E-state index contributed by atoms with van der Waals surface area (Å²) >= 11 is 0. The number of nitrogens with zero attached hydrogens (tertiary/aromatic N) is 2. The second-order valence-corrected chi connectivity index (χ2v) is 7.06. The van der Waals surface area contributed by atoms with Crippen LogP contribution in [0.3, 0.4) is 0 Å². The number of hydrogen-bond donors (Lipinski definition) is 2. The zero-order valence-corrected chi connectivity index (χ0v) is 15.8. The van der Waals surface area contributed by atoms with Gasteiger partial charge in [0, 0.05) is 25.1 Å². The van der Waals surface area contributed by atoms with Crippen LogP contribution in [0.4, 0.5) is 0 Å². The van der Waals surface area contributed by atoms with Gasteiger partial charge in [-0.1, -0.05) is 19.1 Å². The normalized spacial score (nSPS) is 23.3.